The number of hydrogen-bond donors (Lipinski definition) is 0. The van der Waals surface area contributed by atoms with Crippen molar-refractivity contribution < 1.29 is 27.9 Å². The van der Waals surface area contributed by atoms with Crippen LogP contribution in [0.1, 0.15) is 37.6 Å². The lowest BCUT2D eigenvalue weighted by atomic mass is 9.97. The summed E-state index contributed by atoms with van der Waals surface area (Å²) in [5.41, 5.74) is 0.281. The smallest absolute Gasteiger partial charge is 0.496 e. The van der Waals surface area contributed by atoms with Crippen LogP contribution in [0.3, 0.4) is 0 Å². The molecule has 0 aliphatic rings. The molecule has 6 nitrogen and oxygen atoms in total. The van der Waals surface area contributed by atoms with Gasteiger partial charge in [-0.2, -0.15) is 0 Å². The number of carbonyl (C=O) groups excluding carboxylic acids is 1. The Labute approximate surface area is 138 Å². The number of benzene rings is 1. The fraction of sp³-hybridized carbons (Fsp3) is 0.562. The molecule has 128 valence electrons. The van der Waals surface area contributed by atoms with Crippen molar-refractivity contribution in [3.8, 4) is 11.5 Å². The van der Waals surface area contributed by atoms with Gasteiger partial charge in [0.1, 0.15) is 23.7 Å². The molecule has 23 heavy (non-hydrogen) atoms. The molecule has 0 saturated heterocycles. The Morgan fingerprint density at radius 3 is 2.17 bits per heavy atom. The van der Waals surface area contributed by atoms with E-state index in [0.717, 1.165) is 0 Å². The molecule has 0 N–H and O–H groups in total. The molecule has 1 aromatic carbocycles. The van der Waals surface area contributed by atoms with Gasteiger partial charge in [0.05, 0.1) is 14.2 Å². The summed E-state index contributed by atoms with van der Waals surface area (Å²) in [5.74, 6) is 0.613. The van der Waals surface area contributed by atoms with E-state index in [9.17, 15) is 9.36 Å². The standard InChI is InChI=1S/C16H24O6P/c1-6-21-23(18)22-14(10-11(2)3)16(17)15-12(19-4)8-7-9-13(15)20-5/h7-9,11,14H,6,10H2,1-5H3/q+1. The van der Waals surface area contributed by atoms with Crippen molar-refractivity contribution in [2.45, 2.75) is 33.3 Å². The Kier molecular flexibility index (Phi) is 8.17. The molecular formula is C16H24O6P+. The van der Waals surface area contributed by atoms with E-state index in [1.807, 2.05) is 13.8 Å². The molecule has 1 rings (SSSR count). The van der Waals surface area contributed by atoms with Crippen LogP contribution in [0, 0.1) is 5.92 Å². The maximum absolute atomic E-state index is 12.9. The van der Waals surface area contributed by atoms with Crippen molar-refractivity contribution >= 4 is 14.0 Å². The highest BCUT2D eigenvalue weighted by molar-refractivity contribution is 7.33. The minimum atomic E-state index is -2.35. The van der Waals surface area contributed by atoms with Crippen molar-refractivity contribution in [1.29, 1.82) is 0 Å². The van der Waals surface area contributed by atoms with Gasteiger partial charge in [0, 0.05) is 4.57 Å². The van der Waals surface area contributed by atoms with Gasteiger partial charge in [0.2, 0.25) is 5.78 Å². The van der Waals surface area contributed by atoms with Gasteiger partial charge in [0.15, 0.2) is 6.10 Å². The van der Waals surface area contributed by atoms with Crippen molar-refractivity contribution in [1.82, 2.24) is 0 Å². The molecule has 0 bridgehead atoms. The summed E-state index contributed by atoms with van der Waals surface area (Å²) in [6, 6.07) is 5.07. The number of ether oxygens (including phenoxy) is 2. The lowest BCUT2D eigenvalue weighted by molar-refractivity contribution is 0.0723. The van der Waals surface area contributed by atoms with Crippen molar-refractivity contribution in [2.75, 3.05) is 20.8 Å². The normalized spacial score (nSPS) is 12.9. The van der Waals surface area contributed by atoms with Crippen molar-refractivity contribution in [2.24, 2.45) is 5.92 Å². The fourth-order valence-electron chi connectivity index (χ4n) is 2.12. The summed E-state index contributed by atoms with van der Waals surface area (Å²) < 4.78 is 32.5. The predicted molar refractivity (Wildman–Crippen MR) is 87.4 cm³/mol. The molecule has 0 aliphatic carbocycles. The van der Waals surface area contributed by atoms with Gasteiger partial charge in [-0.25, -0.2) is 0 Å². The zero-order valence-corrected chi connectivity index (χ0v) is 15.1. The van der Waals surface area contributed by atoms with E-state index >= 15 is 0 Å². The monoisotopic (exact) mass is 343 g/mol. The quantitative estimate of drug-likeness (QED) is 0.472. The van der Waals surface area contributed by atoms with Gasteiger partial charge in [-0.1, -0.05) is 19.9 Å². The second-order valence-corrected chi connectivity index (χ2v) is 6.18. The third-order valence-electron chi connectivity index (χ3n) is 3.10. The van der Waals surface area contributed by atoms with Gasteiger partial charge in [0.25, 0.3) is 0 Å². The minimum absolute atomic E-state index is 0.176. The fourth-order valence-corrected chi connectivity index (χ4v) is 2.78. The molecule has 0 aliphatic heterocycles. The van der Waals surface area contributed by atoms with E-state index in [0.29, 0.717) is 17.9 Å². The van der Waals surface area contributed by atoms with E-state index in [1.54, 1.807) is 25.1 Å². The predicted octanol–water partition coefficient (Wildman–Crippen LogP) is 4.01. The van der Waals surface area contributed by atoms with Crippen molar-refractivity contribution in [3.05, 3.63) is 23.8 Å². The first-order valence-electron chi connectivity index (χ1n) is 7.46. The Balaban J connectivity index is 3.16. The van der Waals surface area contributed by atoms with E-state index in [-0.39, 0.29) is 23.9 Å². The van der Waals surface area contributed by atoms with E-state index in [1.165, 1.54) is 14.2 Å². The largest absolute Gasteiger partial charge is 0.698 e. The van der Waals surface area contributed by atoms with Crippen LogP contribution in [0.15, 0.2) is 18.2 Å². The van der Waals surface area contributed by atoms with Gasteiger partial charge >= 0.3 is 8.25 Å². The first-order chi connectivity index (χ1) is 10.9. The number of Topliss-reactive ketones (excluding diaryl/α,β-unsaturated/α-hetero) is 1. The van der Waals surface area contributed by atoms with Crippen LogP contribution in [0.5, 0.6) is 11.5 Å². The summed E-state index contributed by atoms with van der Waals surface area (Å²) in [7, 11) is 0.600. The van der Waals surface area contributed by atoms with E-state index in [2.05, 4.69) is 0 Å². The molecule has 0 aromatic heterocycles. The molecule has 2 unspecified atom stereocenters. The van der Waals surface area contributed by atoms with Crippen LogP contribution in [0.2, 0.25) is 0 Å². The van der Waals surface area contributed by atoms with Gasteiger partial charge < -0.3 is 9.47 Å². The average molecular weight is 343 g/mol. The highest BCUT2D eigenvalue weighted by Gasteiger charge is 2.36. The molecule has 0 fully saturated rings. The first-order valence-corrected chi connectivity index (χ1v) is 8.56. The van der Waals surface area contributed by atoms with Crippen LogP contribution in [0.4, 0.5) is 0 Å². The number of carbonyl (C=O) groups is 1. The van der Waals surface area contributed by atoms with Crippen LogP contribution in [-0.2, 0) is 13.6 Å². The maximum atomic E-state index is 12.9. The lowest BCUT2D eigenvalue weighted by Crippen LogP contribution is -2.25. The van der Waals surface area contributed by atoms with E-state index < -0.39 is 14.4 Å². The molecule has 7 heteroatoms. The Bertz CT molecular complexity index is 521. The molecular weight excluding hydrogens is 319 g/mol. The highest BCUT2D eigenvalue weighted by atomic mass is 31.1. The zero-order valence-electron chi connectivity index (χ0n) is 14.2. The molecule has 2 atom stereocenters. The molecule has 0 heterocycles. The topological polar surface area (TPSA) is 71.1 Å². The third-order valence-corrected chi connectivity index (χ3v) is 4.00. The lowest BCUT2D eigenvalue weighted by Gasteiger charge is -2.16. The van der Waals surface area contributed by atoms with Crippen LogP contribution >= 0.6 is 8.25 Å². The van der Waals surface area contributed by atoms with Crippen LogP contribution < -0.4 is 9.47 Å². The Hall–Kier alpha value is -1.49. The summed E-state index contributed by atoms with van der Waals surface area (Å²) in [6.45, 7) is 5.86. The summed E-state index contributed by atoms with van der Waals surface area (Å²) in [6.07, 6.45) is -0.482. The second kappa shape index (κ2) is 9.60. The van der Waals surface area contributed by atoms with Crippen molar-refractivity contribution in [3.63, 3.8) is 0 Å². The highest BCUT2D eigenvalue weighted by Crippen LogP contribution is 2.35. The Morgan fingerprint density at radius 2 is 1.74 bits per heavy atom. The van der Waals surface area contributed by atoms with Crippen LogP contribution in [-0.4, -0.2) is 32.7 Å². The van der Waals surface area contributed by atoms with E-state index in [4.69, 9.17) is 18.5 Å². The molecule has 0 amide bonds. The Morgan fingerprint density at radius 1 is 1.17 bits per heavy atom. The molecule has 0 saturated carbocycles. The first kappa shape index (κ1) is 19.6. The second-order valence-electron chi connectivity index (χ2n) is 5.27. The zero-order chi connectivity index (χ0) is 17.4. The summed E-state index contributed by atoms with van der Waals surface area (Å²) >= 11 is 0. The molecule has 0 radical (unpaired) electrons. The molecule has 1 aromatic rings. The number of rotatable bonds is 10. The minimum Gasteiger partial charge on any atom is -0.496 e. The number of hydrogen-bond acceptors (Lipinski definition) is 6. The van der Waals surface area contributed by atoms with Gasteiger partial charge in [-0.05, 0) is 31.4 Å². The van der Waals surface area contributed by atoms with Gasteiger partial charge in [-0.15, -0.1) is 9.05 Å². The molecule has 0 spiro atoms. The maximum Gasteiger partial charge on any atom is 0.698 e. The van der Waals surface area contributed by atoms with Crippen LogP contribution in [0.25, 0.3) is 0 Å². The third kappa shape index (κ3) is 5.57. The number of ketones is 1. The number of methoxy groups -OCH3 is 2. The van der Waals surface area contributed by atoms with Gasteiger partial charge in [-0.3, -0.25) is 4.79 Å². The summed E-state index contributed by atoms with van der Waals surface area (Å²) in [4.78, 5) is 12.9. The average Bonchev–Trinajstić information content (AvgIpc) is 2.52. The SMILES string of the molecule is CCO[P+](=O)OC(CC(C)C)C(=O)c1c(OC)cccc1OC. The summed E-state index contributed by atoms with van der Waals surface area (Å²) in [5, 5.41) is 0.